The maximum absolute atomic E-state index is 5.44. The van der Waals surface area contributed by atoms with Crippen LogP contribution in [0.2, 0.25) is 0 Å². The summed E-state index contributed by atoms with van der Waals surface area (Å²) in [6.45, 7) is 7.45. The van der Waals surface area contributed by atoms with E-state index in [0.29, 0.717) is 0 Å². The Balaban J connectivity index is 1.70. The number of ether oxygens (including phenoxy) is 1. The second-order valence-electron chi connectivity index (χ2n) is 6.39. The van der Waals surface area contributed by atoms with Crippen LogP contribution in [0.3, 0.4) is 0 Å². The number of guanidine groups is 1. The Hall–Kier alpha value is -1.75. The van der Waals surface area contributed by atoms with E-state index in [-0.39, 0.29) is 0 Å². The predicted molar refractivity (Wildman–Crippen MR) is 101 cm³/mol. The van der Waals surface area contributed by atoms with Crippen molar-refractivity contribution < 1.29 is 4.74 Å². The molecular weight excluding hydrogens is 300 g/mol. The van der Waals surface area contributed by atoms with Crippen molar-refractivity contribution in [2.24, 2.45) is 4.99 Å². The van der Waals surface area contributed by atoms with E-state index >= 15 is 0 Å². The minimum absolute atomic E-state index is 0.837. The van der Waals surface area contributed by atoms with Gasteiger partial charge in [-0.3, -0.25) is 4.99 Å². The van der Waals surface area contributed by atoms with Crippen LogP contribution in [-0.4, -0.2) is 57.7 Å². The van der Waals surface area contributed by atoms with Crippen LogP contribution in [0, 0.1) is 6.92 Å². The third-order valence-corrected chi connectivity index (χ3v) is 4.52. The Morgan fingerprint density at radius 1 is 1.17 bits per heavy atom. The predicted octanol–water partition coefficient (Wildman–Crippen LogP) is 2.20. The summed E-state index contributed by atoms with van der Waals surface area (Å²) in [5.74, 6) is 1.83. The highest BCUT2D eigenvalue weighted by Crippen LogP contribution is 2.19. The van der Waals surface area contributed by atoms with Crippen molar-refractivity contribution in [1.82, 2.24) is 15.5 Å². The molecule has 0 atom stereocenters. The van der Waals surface area contributed by atoms with Gasteiger partial charge >= 0.3 is 0 Å². The summed E-state index contributed by atoms with van der Waals surface area (Å²) in [6.07, 6.45) is 4.98. The SMILES string of the molecule is CN=C(NCCc1cc(C)ccc1OC)NCCN1CCCCC1. The van der Waals surface area contributed by atoms with Gasteiger partial charge in [-0.15, -0.1) is 0 Å². The van der Waals surface area contributed by atoms with Crippen molar-refractivity contribution in [3.8, 4) is 5.75 Å². The van der Waals surface area contributed by atoms with Gasteiger partial charge in [0.15, 0.2) is 5.96 Å². The van der Waals surface area contributed by atoms with Gasteiger partial charge in [-0.2, -0.15) is 0 Å². The zero-order chi connectivity index (χ0) is 17.2. The highest BCUT2D eigenvalue weighted by molar-refractivity contribution is 5.79. The largest absolute Gasteiger partial charge is 0.496 e. The van der Waals surface area contributed by atoms with Gasteiger partial charge in [-0.25, -0.2) is 0 Å². The molecule has 134 valence electrons. The molecule has 0 aliphatic carbocycles. The van der Waals surface area contributed by atoms with E-state index in [9.17, 15) is 0 Å². The van der Waals surface area contributed by atoms with Gasteiger partial charge in [-0.05, 0) is 50.9 Å². The molecule has 2 N–H and O–H groups in total. The van der Waals surface area contributed by atoms with Gasteiger partial charge in [0.25, 0.3) is 0 Å². The number of nitrogens with one attached hydrogen (secondary N) is 2. The maximum atomic E-state index is 5.44. The summed E-state index contributed by atoms with van der Waals surface area (Å²) in [5, 5.41) is 6.80. The van der Waals surface area contributed by atoms with Gasteiger partial charge in [0, 0.05) is 26.7 Å². The second-order valence-corrected chi connectivity index (χ2v) is 6.39. The number of hydrogen-bond acceptors (Lipinski definition) is 3. The molecule has 1 aliphatic rings. The van der Waals surface area contributed by atoms with Crippen LogP contribution >= 0.6 is 0 Å². The van der Waals surface area contributed by atoms with E-state index in [1.807, 2.05) is 13.1 Å². The Labute approximate surface area is 146 Å². The number of rotatable bonds is 7. The lowest BCUT2D eigenvalue weighted by molar-refractivity contribution is 0.232. The van der Waals surface area contributed by atoms with Gasteiger partial charge in [0.05, 0.1) is 7.11 Å². The highest BCUT2D eigenvalue weighted by atomic mass is 16.5. The summed E-state index contributed by atoms with van der Waals surface area (Å²) < 4.78 is 5.44. The number of aryl methyl sites for hydroxylation is 1. The summed E-state index contributed by atoms with van der Waals surface area (Å²) in [5.41, 5.74) is 2.49. The zero-order valence-corrected chi connectivity index (χ0v) is 15.4. The van der Waals surface area contributed by atoms with Crippen molar-refractivity contribution in [1.29, 1.82) is 0 Å². The number of piperidine rings is 1. The molecule has 1 saturated heterocycles. The molecule has 5 nitrogen and oxygen atoms in total. The lowest BCUT2D eigenvalue weighted by Crippen LogP contribution is -2.43. The Bertz CT molecular complexity index is 524. The first-order valence-corrected chi connectivity index (χ1v) is 9.03. The molecule has 5 heteroatoms. The van der Waals surface area contributed by atoms with Gasteiger partial charge in [0.2, 0.25) is 0 Å². The van der Waals surface area contributed by atoms with Crippen LogP contribution in [0.15, 0.2) is 23.2 Å². The quantitative estimate of drug-likeness (QED) is 0.594. The number of aliphatic imine (C=N–C) groups is 1. The molecule has 0 saturated carbocycles. The molecule has 1 fully saturated rings. The number of benzene rings is 1. The third kappa shape index (κ3) is 6.04. The monoisotopic (exact) mass is 332 g/mol. The zero-order valence-electron chi connectivity index (χ0n) is 15.4. The number of methoxy groups -OCH3 is 1. The van der Waals surface area contributed by atoms with Crippen LogP contribution in [0.5, 0.6) is 5.75 Å². The number of nitrogens with zero attached hydrogens (tertiary/aromatic N) is 2. The van der Waals surface area contributed by atoms with E-state index in [1.165, 1.54) is 43.5 Å². The molecule has 24 heavy (non-hydrogen) atoms. The van der Waals surface area contributed by atoms with Crippen molar-refractivity contribution in [3.05, 3.63) is 29.3 Å². The Kier molecular flexibility index (Phi) is 7.89. The van der Waals surface area contributed by atoms with Gasteiger partial charge < -0.3 is 20.3 Å². The fraction of sp³-hybridized carbons (Fsp3) is 0.632. The van der Waals surface area contributed by atoms with Crippen molar-refractivity contribution in [2.75, 3.05) is 46.9 Å². The molecule has 0 radical (unpaired) electrons. The first kappa shape index (κ1) is 18.6. The van der Waals surface area contributed by atoms with Crippen LogP contribution < -0.4 is 15.4 Å². The lowest BCUT2D eigenvalue weighted by atomic mass is 10.1. The van der Waals surface area contributed by atoms with E-state index in [0.717, 1.165) is 37.8 Å². The average Bonchev–Trinajstić information content (AvgIpc) is 2.61. The summed E-state index contributed by atoms with van der Waals surface area (Å²) in [4.78, 5) is 6.84. The molecule has 0 amide bonds. The minimum Gasteiger partial charge on any atom is -0.496 e. The molecule has 1 aromatic carbocycles. The molecule has 0 spiro atoms. The minimum atomic E-state index is 0.837. The standard InChI is InChI=1S/C19H32N4O/c1-16-7-8-18(24-3)17(15-16)9-10-21-19(20-2)22-11-14-23-12-5-4-6-13-23/h7-8,15H,4-6,9-14H2,1-3H3,(H2,20,21,22). The average molecular weight is 332 g/mol. The molecule has 0 bridgehead atoms. The highest BCUT2D eigenvalue weighted by Gasteiger charge is 2.09. The van der Waals surface area contributed by atoms with Gasteiger partial charge in [0.1, 0.15) is 5.75 Å². The molecule has 0 aromatic heterocycles. The molecule has 1 heterocycles. The van der Waals surface area contributed by atoms with Crippen molar-refractivity contribution >= 4 is 5.96 Å². The van der Waals surface area contributed by atoms with E-state index in [4.69, 9.17) is 4.74 Å². The molecular formula is C19H32N4O. The number of likely N-dealkylation sites (tertiary alicyclic amines) is 1. The summed E-state index contributed by atoms with van der Waals surface area (Å²) in [7, 11) is 3.55. The first-order valence-electron chi connectivity index (χ1n) is 9.03. The van der Waals surface area contributed by atoms with E-state index < -0.39 is 0 Å². The summed E-state index contributed by atoms with van der Waals surface area (Å²) in [6, 6.07) is 6.31. The fourth-order valence-electron chi connectivity index (χ4n) is 3.15. The second kappa shape index (κ2) is 10.2. The van der Waals surface area contributed by atoms with E-state index in [2.05, 4.69) is 39.6 Å². The molecule has 1 aliphatic heterocycles. The number of hydrogen-bond donors (Lipinski definition) is 2. The van der Waals surface area contributed by atoms with Crippen molar-refractivity contribution in [2.45, 2.75) is 32.6 Å². The van der Waals surface area contributed by atoms with Crippen LogP contribution in [0.1, 0.15) is 30.4 Å². The van der Waals surface area contributed by atoms with Gasteiger partial charge in [-0.1, -0.05) is 24.1 Å². The van der Waals surface area contributed by atoms with Crippen LogP contribution in [0.4, 0.5) is 0 Å². The molecule has 0 unspecified atom stereocenters. The van der Waals surface area contributed by atoms with Crippen LogP contribution in [0.25, 0.3) is 0 Å². The molecule has 1 aromatic rings. The Morgan fingerprint density at radius 2 is 1.92 bits per heavy atom. The fourth-order valence-corrected chi connectivity index (χ4v) is 3.15. The normalized spacial score (nSPS) is 16.0. The maximum Gasteiger partial charge on any atom is 0.191 e. The van der Waals surface area contributed by atoms with E-state index in [1.54, 1.807) is 7.11 Å². The smallest absolute Gasteiger partial charge is 0.191 e. The summed E-state index contributed by atoms with van der Waals surface area (Å²) >= 11 is 0. The first-order chi connectivity index (χ1) is 11.7. The lowest BCUT2D eigenvalue weighted by Gasteiger charge is -2.26. The third-order valence-electron chi connectivity index (χ3n) is 4.52. The topological polar surface area (TPSA) is 48.9 Å². The Morgan fingerprint density at radius 3 is 2.62 bits per heavy atom. The van der Waals surface area contributed by atoms with Crippen molar-refractivity contribution in [3.63, 3.8) is 0 Å². The van der Waals surface area contributed by atoms with Crippen LogP contribution in [-0.2, 0) is 6.42 Å². The molecule has 2 rings (SSSR count).